The Morgan fingerprint density at radius 2 is 1.69 bits per heavy atom. The Morgan fingerprint density at radius 1 is 1.00 bits per heavy atom. The van der Waals surface area contributed by atoms with Gasteiger partial charge in [0.25, 0.3) is 5.89 Å². The van der Waals surface area contributed by atoms with Gasteiger partial charge in [0.05, 0.1) is 0 Å². The fraction of sp³-hybridized carbons (Fsp3) is 0.517. The molecule has 2 fully saturated rings. The molecule has 0 spiro atoms. The van der Waals surface area contributed by atoms with Crippen LogP contribution in [-0.2, 0) is 15.8 Å². The molecule has 2 aromatic carbocycles. The molecule has 0 bridgehead atoms. The number of hydrogen-bond acceptors (Lipinski definition) is 6. The Bertz CT molecular complexity index is 1170. The molecule has 1 N–H and O–H groups in total. The normalized spacial score (nSPS) is 21.5. The molecule has 1 unspecified atom stereocenters. The van der Waals surface area contributed by atoms with Gasteiger partial charge in [-0.25, -0.2) is 0 Å². The zero-order chi connectivity index (χ0) is 24.8. The number of ether oxygens (including phenoxy) is 1. The Kier molecular flexibility index (Phi) is 6.10. The van der Waals surface area contributed by atoms with Crippen LogP contribution in [0.25, 0.3) is 11.5 Å². The van der Waals surface area contributed by atoms with Crippen LogP contribution in [0.2, 0.25) is 0 Å². The van der Waals surface area contributed by atoms with E-state index in [9.17, 15) is 5.11 Å². The summed E-state index contributed by atoms with van der Waals surface area (Å²) in [6.07, 6.45) is 1.76. The number of aliphatic hydroxyl groups is 1. The third-order valence-corrected chi connectivity index (χ3v) is 8.20. The first-order valence-corrected chi connectivity index (χ1v) is 12.7. The quantitative estimate of drug-likeness (QED) is 0.534. The lowest BCUT2D eigenvalue weighted by molar-refractivity contribution is -0.127. The summed E-state index contributed by atoms with van der Waals surface area (Å²) in [7, 11) is 2.09. The summed E-state index contributed by atoms with van der Waals surface area (Å²) in [6, 6.07) is 16.4. The van der Waals surface area contributed by atoms with Gasteiger partial charge in [0.2, 0.25) is 0 Å². The number of hydrogen-bond donors (Lipinski definition) is 1. The summed E-state index contributed by atoms with van der Waals surface area (Å²) < 4.78 is 11.3. The topological polar surface area (TPSA) is 71.6 Å². The van der Waals surface area contributed by atoms with Crippen molar-refractivity contribution in [1.82, 2.24) is 15.0 Å². The van der Waals surface area contributed by atoms with E-state index in [0.29, 0.717) is 25.0 Å². The standard InChI is InChI=1S/C29H37N3O3/c1-20(2)21-9-11-23(12-10-21)29(33,28(4)18-32(5)19-28)24-8-6-7-22(17-24)25-30-26(31-35-25)27(3)13-15-34-16-14-27/h6-12,17,20,33H,13-16,18-19H2,1-5H3. The van der Waals surface area contributed by atoms with Gasteiger partial charge in [-0.2, -0.15) is 4.98 Å². The molecule has 186 valence electrons. The summed E-state index contributed by atoms with van der Waals surface area (Å²) in [5, 5.41) is 16.8. The second-order valence-electron chi connectivity index (χ2n) is 11.4. The van der Waals surface area contributed by atoms with Crippen LogP contribution in [0.5, 0.6) is 0 Å². The van der Waals surface area contributed by atoms with Gasteiger partial charge in [-0.3, -0.25) is 0 Å². The predicted octanol–water partition coefficient (Wildman–Crippen LogP) is 5.12. The highest BCUT2D eigenvalue weighted by molar-refractivity contribution is 5.57. The summed E-state index contributed by atoms with van der Waals surface area (Å²) >= 11 is 0. The van der Waals surface area contributed by atoms with Gasteiger partial charge in [-0.05, 0) is 54.6 Å². The fourth-order valence-electron chi connectivity index (χ4n) is 5.86. The van der Waals surface area contributed by atoms with Gasteiger partial charge in [0, 0.05) is 42.7 Å². The molecule has 1 atom stereocenters. The van der Waals surface area contributed by atoms with Gasteiger partial charge < -0.3 is 19.3 Å². The minimum absolute atomic E-state index is 0.138. The summed E-state index contributed by atoms with van der Waals surface area (Å²) in [5.74, 6) is 1.66. The zero-order valence-electron chi connectivity index (χ0n) is 21.5. The third kappa shape index (κ3) is 4.11. The van der Waals surface area contributed by atoms with E-state index in [4.69, 9.17) is 14.2 Å². The van der Waals surface area contributed by atoms with Crippen molar-refractivity contribution in [2.45, 2.75) is 57.5 Å². The maximum absolute atomic E-state index is 12.5. The van der Waals surface area contributed by atoms with E-state index in [0.717, 1.165) is 48.4 Å². The van der Waals surface area contributed by atoms with Crippen LogP contribution in [0.4, 0.5) is 0 Å². The van der Waals surface area contributed by atoms with Crippen molar-refractivity contribution in [2.75, 3.05) is 33.4 Å². The van der Waals surface area contributed by atoms with Crippen molar-refractivity contribution in [1.29, 1.82) is 0 Å². The molecule has 2 aliphatic heterocycles. The molecular weight excluding hydrogens is 438 g/mol. The van der Waals surface area contributed by atoms with Crippen LogP contribution in [-0.4, -0.2) is 53.5 Å². The van der Waals surface area contributed by atoms with Crippen molar-refractivity contribution < 1.29 is 14.4 Å². The Labute approximate surface area is 208 Å². The molecule has 2 saturated heterocycles. The maximum Gasteiger partial charge on any atom is 0.257 e. The predicted molar refractivity (Wildman–Crippen MR) is 136 cm³/mol. The first-order chi connectivity index (χ1) is 16.6. The van der Waals surface area contributed by atoms with Crippen molar-refractivity contribution >= 4 is 0 Å². The lowest BCUT2D eigenvalue weighted by Gasteiger charge is -2.56. The van der Waals surface area contributed by atoms with E-state index >= 15 is 0 Å². The van der Waals surface area contributed by atoms with Crippen LogP contribution in [0, 0.1) is 5.41 Å². The minimum atomic E-state index is -1.15. The first-order valence-electron chi connectivity index (χ1n) is 12.7. The van der Waals surface area contributed by atoms with Crippen molar-refractivity contribution in [3.63, 3.8) is 0 Å². The Hall–Kier alpha value is -2.54. The second-order valence-corrected chi connectivity index (χ2v) is 11.4. The number of aromatic nitrogens is 2. The van der Waals surface area contributed by atoms with Crippen molar-refractivity contribution in [2.24, 2.45) is 5.41 Å². The van der Waals surface area contributed by atoms with Crippen LogP contribution >= 0.6 is 0 Å². The molecule has 3 aromatic rings. The van der Waals surface area contributed by atoms with E-state index < -0.39 is 5.60 Å². The minimum Gasteiger partial charge on any atom is -0.381 e. The van der Waals surface area contributed by atoms with Crippen LogP contribution < -0.4 is 0 Å². The van der Waals surface area contributed by atoms with E-state index in [-0.39, 0.29) is 10.8 Å². The number of likely N-dealkylation sites (tertiary alicyclic amines) is 1. The maximum atomic E-state index is 12.5. The van der Waals surface area contributed by atoms with Gasteiger partial charge >= 0.3 is 0 Å². The lowest BCUT2D eigenvalue weighted by Crippen LogP contribution is -2.63. The number of nitrogens with zero attached hydrogens (tertiary/aromatic N) is 3. The molecule has 35 heavy (non-hydrogen) atoms. The van der Waals surface area contributed by atoms with Crippen molar-refractivity contribution in [3.8, 4) is 11.5 Å². The number of benzene rings is 2. The van der Waals surface area contributed by atoms with E-state index in [2.05, 4.69) is 69.1 Å². The zero-order valence-corrected chi connectivity index (χ0v) is 21.5. The Morgan fingerprint density at radius 3 is 2.31 bits per heavy atom. The molecule has 0 aliphatic carbocycles. The molecule has 6 heteroatoms. The summed E-state index contributed by atoms with van der Waals surface area (Å²) in [4.78, 5) is 7.03. The summed E-state index contributed by atoms with van der Waals surface area (Å²) in [6.45, 7) is 11.8. The van der Waals surface area contributed by atoms with Gasteiger partial charge in [-0.15, -0.1) is 0 Å². The van der Waals surface area contributed by atoms with Gasteiger partial charge in [0.1, 0.15) is 5.60 Å². The smallest absolute Gasteiger partial charge is 0.257 e. The summed E-state index contributed by atoms with van der Waals surface area (Å²) in [5.41, 5.74) is 2.23. The van der Waals surface area contributed by atoms with Crippen LogP contribution in [0.15, 0.2) is 53.1 Å². The van der Waals surface area contributed by atoms with Gasteiger partial charge in [-0.1, -0.05) is 69.2 Å². The molecule has 0 saturated carbocycles. The molecule has 2 aliphatic rings. The molecule has 0 radical (unpaired) electrons. The number of rotatable bonds is 6. The monoisotopic (exact) mass is 475 g/mol. The molecule has 6 nitrogen and oxygen atoms in total. The van der Waals surface area contributed by atoms with Crippen LogP contribution in [0.1, 0.15) is 69.0 Å². The lowest BCUT2D eigenvalue weighted by atomic mass is 9.62. The highest BCUT2D eigenvalue weighted by atomic mass is 16.5. The molecule has 0 amide bonds. The highest BCUT2D eigenvalue weighted by Crippen LogP contribution is 2.50. The molecule has 3 heterocycles. The van der Waals surface area contributed by atoms with Crippen LogP contribution in [0.3, 0.4) is 0 Å². The highest BCUT2D eigenvalue weighted by Gasteiger charge is 2.55. The average Bonchev–Trinajstić information content (AvgIpc) is 3.35. The van der Waals surface area contributed by atoms with Gasteiger partial charge in [0.15, 0.2) is 5.82 Å². The average molecular weight is 476 g/mol. The van der Waals surface area contributed by atoms with Crippen molar-refractivity contribution in [3.05, 3.63) is 71.0 Å². The first kappa shape index (κ1) is 24.2. The largest absolute Gasteiger partial charge is 0.381 e. The SMILES string of the molecule is CC(C)c1ccc(C(O)(c2cccc(-c3nc(C4(C)CCOCC4)no3)c2)C2(C)CN(C)C2)cc1. The second kappa shape index (κ2) is 8.84. The van der Waals surface area contributed by atoms with E-state index in [1.807, 2.05) is 24.3 Å². The third-order valence-electron chi connectivity index (χ3n) is 8.20. The molecular formula is C29H37N3O3. The fourth-order valence-corrected chi connectivity index (χ4v) is 5.86. The Balaban J connectivity index is 1.54. The molecule has 1 aromatic heterocycles. The van der Waals surface area contributed by atoms with E-state index in [1.54, 1.807) is 0 Å². The van der Waals surface area contributed by atoms with E-state index in [1.165, 1.54) is 5.56 Å². The molecule has 5 rings (SSSR count).